The Morgan fingerprint density at radius 3 is 3.06 bits per heavy atom. The molecule has 1 heterocycles. The van der Waals surface area contributed by atoms with Gasteiger partial charge in [0.25, 0.3) is 0 Å². The average molecular weight is 242 g/mol. The van der Waals surface area contributed by atoms with Gasteiger partial charge in [0.2, 0.25) is 0 Å². The van der Waals surface area contributed by atoms with Crippen LogP contribution in [-0.4, -0.2) is 4.98 Å². The first-order chi connectivity index (χ1) is 8.74. The maximum absolute atomic E-state index is 13.6. The molecule has 0 amide bonds. The Labute approximate surface area is 106 Å². The molecular formula is C15H15FN2. The van der Waals surface area contributed by atoms with Gasteiger partial charge in [-0.3, -0.25) is 4.98 Å². The molecule has 1 unspecified atom stereocenters. The van der Waals surface area contributed by atoms with E-state index in [-0.39, 0.29) is 11.9 Å². The number of hydrogen-bond donors (Lipinski definition) is 1. The Morgan fingerprint density at radius 2 is 2.22 bits per heavy atom. The van der Waals surface area contributed by atoms with Crippen molar-refractivity contribution in [1.29, 1.82) is 0 Å². The number of aromatic nitrogens is 1. The monoisotopic (exact) mass is 242 g/mol. The lowest BCUT2D eigenvalue weighted by atomic mass is 10.1. The fourth-order valence-corrected chi connectivity index (χ4v) is 2.59. The summed E-state index contributed by atoms with van der Waals surface area (Å²) in [5.74, 6) is -0.0841. The summed E-state index contributed by atoms with van der Waals surface area (Å²) < 4.78 is 13.6. The molecule has 1 aliphatic carbocycles. The summed E-state index contributed by atoms with van der Waals surface area (Å²) in [5.41, 5.74) is 4.06. The van der Waals surface area contributed by atoms with E-state index in [4.69, 9.17) is 0 Å². The maximum atomic E-state index is 13.6. The molecule has 0 saturated carbocycles. The summed E-state index contributed by atoms with van der Waals surface area (Å²) >= 11 is 0. The molecule has 1 aliphatic rings. The van der Waals surface area contributed by atoms with Crippen LogP contribution in [-0.2, 0) is 6.42 Å². The minimum Gasteiger partial charge on any atom is -0.377 e. The van der Waals surface area contributed by atoms with E-state index in [9.17, 15) is 4.39 Å². The lowest BCUT2D eigenvalue weighted by Gasteiger charge is -2.15. The fraction of sp³-hybridized carbons (Fsp3) is 0.267. The van der Waals surface area contributed by atoms with Crippen molar-refractivity contribution in [3.05, 3.63) is 59.2 Å². The normalized spacial score (nSPS) is 17.6. The minimum absolute atomic E-state index is 0.0841. The van der Waals surface area contributed by atoms with Crippen LogP contribution >= 0.6 is 0 Å². The third-order valence-electron chi connectivity index (χ3n) is 3.43. The van der Waals surface area contributed by atoms with Crippen molar-refractivity contribution >= 4 is 5.69 Å². The molecule has 1 atom stereocenters. The number of hydrogen-bond acceptors (Lipinski definition) is 2. The molecule has 0 radical (unpaired) electrons. The third-order valence-corrected chi connectivity index (χ3v) is 3.43. The van der Waals surface area contributed by atoms with Gasteiger partial charge in [-0.25, -0.2) is 4.39 Å². The molecule has 2 aromatic rings. The minimum atomic E-state index is -0.0841. The van der Waals surface area contributed by atoms with Gasteiger partial charge in [0.15, 0.2) is 0 Å². The summed E-state index contributed by atoms with van der Waals surface area (Å²) in [7, 11) is 0. The van der Waals surface area contributed by atoms with Gasteiger partial charge in [0.1, 0.15) is 5.82 Å². The Balaban J connectivity index is 1.87. The molecule has 2 nitrogen and oxygen atoms in total. The number of halogens is 1. The van der Waals surface area contributed by atoms with Crippen LogP contribution in [0, 0.1) is 12.7 Å². The van der Waals surface area contributed by atoms with Crippen LogP contribution in [0.25, 0.3) is 0 Å². The molecule has 1 aromatic heterocycles. The Kier molecular flexibility index (Phi) is 2.74. The van der Waals surface area contributed by atoms with Crippen LogP contribution in [0.5, 0.6) is 0 Å². The van der Waals surface area contributed by atoms with E-state index in [0.717, 1.165) is 35.2 Å². The van der Waals surface area contributed by atoms with E-state index in [1.165, 1.54) is 6.07 Å². The van der Waals surface area contributed by atoms with Gasteiger partial charge in [0.05, 0.1) is 11.7 Å². The zero-order valence-corrected chi connectivity index (χ0v) is 10.3. The molecule has 1 aromatic carbocycles. The number of fused-ring (bicyclic) bond motifs is 1. The lowest BCUT2D eigenvalue weighted by Crippen LogP contribution is -2.07. The summed E-state index contributed by atoms with van der Waals surface area (Å²) in [6, 6.07) is 7.58. The number of aryl methyl sites for hydroxylation is 1. The molecule has 92 valence electrons. The fourth-order valence-electron chi connectivity index (χ4n) is 2.59. The molecule has 18 heavy (non-hydrogen) atoms. The predicted octanol–water partition coefficient (Wildman–Crippen LogP) is 3.63. The number of pyridine rings is 1. The van der Waals surface area contributed by atoms with Gasteiger partial charge in [-0.05, 0) is 48.6 Å². The van der Waals surface area contributed by atoms with E-state index in [1.807, 2.05) is 25.4 Å². The van der Waals surface area contributed by atoms with Gasteiger partial charge >= 0.3 is 0 Å². The Hall–Kier alpha value is -1.90. The van der Waals surface area contributed by atoms with E-state index in [0.29, 0.717) is 0 Å². The van der Waals surface area contributed by atoms with Crippen molar-refractivity contribution < 1.29 is 4.39 Å². The highest BCUT2D eigenvalue weighted by Gasteiger charge is 2.24. The zero-order valence-electron chi connectivity index (χ0n) is 10.3. The van der Waals surface area contributed by atoms with Gasteiger partial charge in [-0.15, -0.1) is 0 Å². The van der Waals surface area contributed by atoms with Crippen LogP contribution < -0.4 is 5.32 Å². The van der Waals surface area contributed by atoms with E-state index in [2.05, 4.69) is 16.4 Å². The van der Waals surface area contributed by atoms with Crippen molar-refractivity contribution in [2.45, 2.75) is 25.8 Å². The Bertz CT molecular complexity index is 580. The van der Waals surface area contributed by atoms with Crippen LogP contribution in [0.1, 0.15) is 29.2 Å². The molecular weight excluding hydrogens is 227 g/mol. The van der Waals surface area contributed by atoms with Gasteiger partial charge < -0.3 is 5.32 Å². The molecule has 0 spiro atoms. The number of nitrogens with one attached hydrogen (secondary N) is 1. The first-order valence-electron chi connectivity index (χ1n) is 6.19. The lowest BCUT2D eigenvalue weighted by molar-refractivity contribution is 0.612. The number of benzene rings is 1. The van der Waals surface area contributed by atoms with Crippen molar-refractivity contribution in [3.63, 3.8) is 0 Å². The largest absolute Gasteiger partial charge is 0.377 e. The third kappa shape index (κ3) is 1.96. The molecule has 3 rings (SSSR count). The molecule has 0 bridgehead atoms. The van der Waals surface area contributed by atoms with E-state index < -0.39 is 0 Å². The first kappa shape index (κ1) is 11.2. The van der Waals surface area contributed by atoms with Crippen LogP contribution in [0.15, 0.2) is 36.7 Å². The van der Waals surface area contributed by atoms with E-state index in [1.54, 1.807) is 6.07 Å². The predicted molar refractivity (Wildman–Crippen MR) is 70.1 cm³/mol. The van der Waals surface area contributed by atoms with Crippen LogP contribution in [0.4, 0.5) is 10.1 Å². The Morgan fingerprint density at radius 1 is 1.33 bits per heavy atom. The first-order valence-corrected chi connectivity index (χ1v) is 6.19. The van der Waals surface area contributed by atoms with Crippen molar-refractivity contribution in [1.82, 2.24) is 4.98 Å². The number of rotatable bonds is 2. The molecule has 0 saturated heterocycles. The van der Waals surface area contributed by atoms with Crippen molar-refractivity contribution in [2.24, 2.45) is 0 Å². The summed E-state index contributed by atoms with van der Waals surface area (Å²) in [5, 5.41) is 3.44. The molecule has 0 aliphatic heterocycles. The zero-order chi connectivity index (χ0) is 12.5. The highest BCUT2D eigenvalue weighted by atomic mass is 19.1. The summed E-state index contributed by atoms with van der Waals surface area (Å²) in [6.45, 7) is 2.01. The van der Waals surface area contributed by atoms with Crippen molar-refractivity contribution in [3.8, 4) is 0 Å². The standard InChI is InChI=1S/C15H15FN2/c1-10-7-11(9-17-8-10)18-15-6-5-12-13(15)3-2-4-14(12)16/h2-4,7-9,15,18H,5-6H2,1H3. The average Bonchev–Trinajstić information content (AvgIpc) is 2.74. The summed E-state index contributed by atoms with van der Waals surface area (Å²) in [4.78, 5) is 4.16. The van der Waals surface area contributed by atoms with E-state index >= 15 is 0 Å². The molecule has 0 fully saturated rings. The second-order valence-corrected chi connectivity index (χ2v) is 4.79. The van der Waals surface area contributed by atoms with Crippen LogP contribution in [0.3, 0.4) is 0 Å². The number of anilines is 1. The van der Waals surface area contributed by atoms with Gasteiger partial charge in [-0.2, -0.15) is 0 Å². The van der Waals surface area contributed by atoms with Gasteiger partial charge in [-0.1, -0.05) is 12.1 Å². The van der Waals surface area contributed by atoms with Crippen molar-refractivity contribution in [2.75, 3.05) is 5.32 Å². The number of nitrogens with zero attached hydrogens (tertiary/aromatic N) is 1. The second-order valence-electron chi connectivity index (χ2n) is 4.79. The topological polar surface area (TPSA) is 24.9 Å². The second kappa shape index (κ2) is 4.41. The highest BCUT2D eigenvalue weighted by Crippen LogP contribution is 2.35. The molecule has 1 N–H and O–H groups in total. The van der Waals surface area contributed by atoms with Crippen LogP contribution in [0.2, 0.25) is 0 Å². The molecule has 3 heteroatoms. The highest BCUT2D eigenvalue weighted by molar-refractivity contribution is 5.48. The smallest absolute Gasteiger partial charge is 0.126 e. The SMILES string of the molecule is Cc1cncc(NC2CCc3c(F)cccc32)c1. The summed E-state index contributed by atoms with van der Waals surface area (Å²) in [6.07, 6.45) is 5.38. The quantitative estimate of drug-likeness (QED) is 0.869. The maximum Gasteiger partial charge on any atom is 0.126 e. The van der Waals surface area contributed by atoms with Gasteiger partial charge in [0, 0.05) is 12.4 Å².